The molecule has 2 rings (SSSR count). The van der Waals surface area contributed by atoms with Gasteiger partial charge in [0, 0.05) is 12.6 Å². The summed E-state index contributed by atoms with van der Waals surface area (Å²) in [6.07, 6.45) is 7.77. The first-order valence-corrected chi connectivity index (χ1v) is 7.54. The van der Waals surface area contributed by atoms with Crippen molar-refractivity contribution in [3.8, 4) is 0 Å². The summed E-state index contributed by atoms with van der Waals surface area (Å²) in [4.78, 5) is 0. The average molecular weight is 239 g/mol. The van der Waals surface area contributed by atoms with Crippen LogP contribution in [0, 0.1) is 11.8 Å². The Kier molecular flexibility index (Phi) is 4.48. The average Bonchev–Trinajstić information content (AvgIpc) is 2.27. The third kappa shape index (κ3) is 3.03. The highest BCUT2D eigenvalue weighted by molar-refractivity contribution is 4.97. The predicted molar refractivity (Wildman–Crippen MR) is 72.2 cm³/mol. The van der Waals surface area contributed by atoms with Crippen LogP contribution in [0.1, 0.15) is 59.3 Å². The van der Waals surface area contributed by atoms with E-state index >= 15 is 0 Å². The molecule has 2 nitrogen and oxygen atoms in total. The van der Waals surface area contributed by atoms with E-state index in [9.17, 15) is 0 Å². The Morgan fingerprint density at radius 3 is 2.65 bits per heavy atom. The third-order valence-corrected chi connectivity index (χ3v) is 4.65. The van der Waals surface area contributed by atoms with Gasteiger partial charge in [-0.25, -0.2) is 0 Å². The van der Waals surface area contributed by atoms with E-state index in [2.05, 4.69) is 26.1 Å². The fourth-order valence-electron chi connectivity index (χ4n) is 3.55. The van der Waals surface area contributed by atoms with Crippen LogP contribution < -0.4 is 5.32 Å². The SMILES string of the molecule is CCCNC(C(C)C)C1CCOC2(CCC2)C1. The fourth-order valence-corrected chi connectivity index (χ4v) is 3.55. The van der Waals surface area contributed by atoms with E-state index in [-0.39, 0.29) is 0 Å². The van der Waals surface area contributed by atoms with Crippen molar-refractivity contribution in [2.45, 2.75) is 70.9 Å². The first-order chi connectivity index (χ1) is 8.17. The number of nitrogens with one attached hydrogen (secondary N) is 1. The molecule has 100 valence electrons. The Morgan fingerprint density at radius 1 is 1.35 bits per heavy atom. The molecule has 0 amide bonds. The van der Waals surface area contributed by atoms with E-state index in [4.69, 9.17) is 4.74 Å². The molecule has 2 fully saturated rings. The van der Waals surface area contributed by atoms with Crippen molar-refractivity contribution < 1.29 is 4.74 Å². The van der Waals surface area contributed by atoms with E-state index in [1.807, 2.05) is 0 Å². The second-order valence-corrected chi connectivity index (χ2v) is 6.36. The zero-order valence-corrected chi connectivity index (χ0v) is 11.8. The quantitative estimate of drug-likeness (QED) is 0.794. The molecule has 1 aliphatic heterocycles. The zero-order valence-electron chi connectivity index (χ0n) is 11.8. The Labute approximate surface area is 107 Å². The standard InChI is InChI=1S/C15H29NO/c1-4-9-16-14(12(2)3)13-6-10-17-15(11-13)7-5-8-15/h12-14,16H,4-11H2,1-3H3. The van der Waals surface area contributed by atoms with E-state index in [1.165, 1.54) is 38.5 Å². The van der Waals surface area contributed by atoms with Crippen LogP contribution in [0.25, 0.3) is 0 Å². The minimum absolute atomic E-state index is 0.296. The van der Waals surface area contributed by atoms with Crippen LogP contribution in [-0.2, 0) is 4.74 Å². The number of ether oxygens (including phenoxy) is 1. The molecule has 1 spiro atoms. The van der Waals surface area contributed by atoms with Crippen molar-refractivity contribution in [1.82, 2.24) is 5.32 Å². The summed E-state index contributed by atoms with van der Waals surface area (Å²) in [5.74, 6) is 1.57. The van der Waals surface area contributed by atoms with Gasteiger partial charge in [-0.1, -0.05) is 20.8 Å². The molecule has 0 aromatic carbocycles. The van der Waals surface area contributed by atoms with Crippen molar-refractivity contribution in [3.05, 3.63) is 0 Å². The minimum atomic E-state index is 0.296. The lowest BCUT2D eigenvalue weighted by molar-refractivity contribution is -0.148. The van der Waals surface area contributed by atoms with Crippen LogP contribution in [0.5, 0.6) is 0 Å². The van der Waals surface area contributed by atoms with Gasteiger partial charge in [0.05, 0.1) is 5.60 Å². The fraction of sp³-hybridized carbons (Fsp3) is 1.00. The van der Waals surface area contributed by atoms with Crippen LogP contribution in [0.3, 0.4) is 0 Å². The third-order valence-electron chi connectivity index (χ3n) is 4.65. The van der Waals surface area contributed by atoms with Gasteiger partial charge in [-0.3, -0.25) is 0 Å². The summed E-state index contributed by atoms with van der Waals surface area (Å²) < 4.78 is 6.04. The molecule has 2 heteroatoms. The second-order valence-electron chi connectivity index (χ2n) is 6.36. The van der Waals surface area contributed by atoms with Gasteiger partial charge in [0.1, 0.15) is 0 Å². The Morgan fingerprint density at radius 2 is 2.12 bits per heavy atom. The summed E-state index contributed by atoms with van der Waals surface area (Å²) in [6, 6.07) is 0.691. The van der Waals surface area contributed by atoms with E-state index in [0.29, 0.717) is 11.6 Å². The molecule has 17 heavy (non-hydrogen) atoms. The van der Waals surface area contributed by atoms with E-state index < -0.39 is 0 Å². The van der Waals surface area contributed by atoms with Gasteiger partial charge in [0.25, 0.3) is 0 Å². The molecule has 0 radical (unpaired) electrons. The van der Waals surface area contributed by atoms with Crippen LogP contribution in [0.4, 0.5) is 0 Å². The highest BCUT2D eigenvalue weighted by atomic mass is 16.5. The monoisotopic (exact) mass is 239 g/mol. The maximum absolute atomic E-state index is 6.04. The molecule has 2 atom stereocenters. The Hall–Kier alpha value is -0.0800. The Balaban J connectivity index is 1.92. The first-order valence-electron chi connectivity index (χ1n) is 7.54. The van der Waals surface area contributed by atoms with Gasteiger partial charge in [0.15, 0.2) is 0 Å². The molecule has 2 unspecified atom stereocenters. The molecular weight excluding hydrogens is 210 g/mol. The van der Waals surface area contributed by atoms with Gasteiger partial charge in [-0.2, -0.15) is 0 Å². The van der Waals surface area contributed by atoms with Crippen molar-refractivity contribution in [1.29, 1.82) is 0 Å². The van der Waals surface area contributed by atoms with Crippen molar-refractivity contribution in [3.63, 3.8) is 0 Å². The maximum Gasteiger partial charge on any atom is 0.0685 e. The van der Waals surface area contributed by atoms with E-state index in [1.54, 1.807) is 0 Å². The molecular formula is C15H29NO. The highest BCUT2D eigenvalue weighted by Crippen LogP contribution is 2.45. The first kappa shape index (κ1) is 13.4. The van der Waals surface area contributed by atoms with Gasteiger partial charge in [-0.15, -0.1) is 0 Å². The largest absolute Gasteiger partial charge is 0.375 e. The summed E-state index contributed by atoms with van der Waals surface area (Å²) in [6.45, 7) is 9.11. The van der Waals surface area contributed by atoms with Crippen LogP contribution in [-0.4, -0.2) is 24.8 Å². The van der Waals surface area contributed by atoms with Crippen molar-refractivity contribution >= 4 is 0 Å². The lowest BCUT2D eigenvalue weighted by atomic mass is 9.69. The predicted octanol–water partition coefficient (Wildman–Crippen LogP) is 3.36. The maximum atomic E-state index is 6.04. The molecule has 1 aliphatic carbocycles. The Bertz CT molecular complexity index is 235. The van der Waals surface area contributed by atoms with Crippen molar-refractivity contribution in [2.24, 2.45) is 11.8 Å². The molecule has 0 bridgehead atoms. The summed E-state index contributed by atoms with van der Waals surface area (Å²) in [5, 5.41) is 3.77. The zero-order chi connectivity index (χ0) is 12.3. The van der Waals surface area contributed by atoms with Gasteiger partial charge in [-0.05, 0) is 56.9 Å². The van der Waals surface area contributed by atoms with Gasteiger partial charge in [0.2, 0.25) is 0 Å². The summed E-state index contributed by atoms with van der Waals surface area (Å²) in [5.41, 5.74) is 0.296. The lowest BCUT2D eigenvalue weighted by Crippen LogP contribution is -2.51. The van der Waals surface area contributed by atoms with Crippen LogP contribution in [0.15, 0.2) is 0 Å². The molecule has 1 heterocycles. The molecule has 2 aliphatic rings. The van der Waals surface area contributed by atoms with Crippen LogP contribution >= 0.6 is 0 Å². The lowest BCUT2D eigenvalue weighted by Gasteiger charge is -2.49. The van der Waals surface area contributed by atoms with Crippen molar-refractivity contribution in [2.75, 3.05) is 13.2 Å². The number of hydrogen-bond acceptors (Lipinski definition) is 2. The highest BCUT2D eigenvalue weighted by Gasteiger charge is 2.44. The molecule has 1 N–H and O–H groups in total. The molecule has 1 saturated carbocycles. The molecule has 0 aromatic rings. The molecule has 0 aromatic heterocycles. The number of rotatable bonds is 5. The second kappa shape index (κ2) is 5.71. The summed E-state index contributed by atoms with van der Waals surface area (Å²) in [7, 11) is 0. The smallest absolute Gasteiger partial charge is 0.0685 e. The van der Waals surface area contributed by atoms with E-state index in [0.717, 1.165) is 25.0 Å². The van der Waals surface area contributed by atoms with Crippen LogP contribution in [0.2, 0.25) is 0 Å². The summed E-state index contributed by atoms with van der Waals surface area (Å²) >= 11 is 0. The normalized spacial score (nSPS) is 29.3. The molecule has 1 saturated heterocycles. The topological polar surface area (TPSA) is 21.3 Å². The van der Waals surface area contributed by atoms with Gasteiger partial charge >= 0.3 is 0 Å². The minimum Gasteiger partial charge on any atom is -0.375 e. The van der Waals surface area contributed by atoms with Gasteiger partial charge < -0.3 is 10.1 Å². The number of hydrogen-bond donors (Lipinski definition) is 1.